The first-order valence-corrected chi connectivity index (χ1v) is 7.07. The summed E-state index contributed by atoms with van der Waals surface area (Å²) in [7, 11) is 0. The molecule has 0 bridgehead atoms. The van der Waals surface area contributed by atoms with Gasteiger partial charge in [0, 0.05) is 11.1 Å². The van der Waals surface area contributed by atoms with E-state index in [1.165, 1.54) is 0 Å². The van der Waals surface area contributed by atoms with Crippen molar-refractivity contribution in [2.75, 3.05) is 13.2 Å². The molecule has 0 aromatic rings. The van der Waals surface area contributed by atoms with Crippen LogP contribution in [0.2, 0.25) is 0 Å². The van der Waals surface area contributed by atoms with Crippen LogP contribution in [0.5, 0.6) is 0 Å². The number of ether oxygens (including phenoxy) is 2. The van der Waals surface area contributed by atoms with Crippen molar-refractivity contribution < 1.29 is 19.1 Å². The molecule has 0 heterocycles. The highest BCUT2D eigenvalue weighted by atomic mass is 16.5. The molecule has 0 fully saturated rings. The Balaban J connectivity index is 4.37. The van der Waals surface area contributed by atoms with E-state index in [0.29, 0.717) is 30.3 Å². The summed E-state index contributed by atoms with van der Waals surface area (Å²) in [5.74, 6) is -0.405. The van der Waals surface area contributed by atoms with Crippen molar-refractivity contribution in [3.05, 3.63) is 23.3 Å². The van der Waals surface area contributed by atoms with Gasteiger partial charge in [-0.25, -0.2) is 9.59 Å². The van der Waals surface area contributed by atoms with Crippen LogP contribution in [-0.2, 0) is 19.1 Å². The lowest BCUT2D eigenvalue weighted by Crippen LogP contribution is -2.10. The number of allylic oxidation sites excluding steroid dienone is 2. The van der Waals surface area contributed by atoms with Gasteiger partial charge in [-0.3, -0.25) is 0 Å². The van der Waals surface area contributed by atoms with Gasteiger partial charge in [0.25, 0.3) is 0 Å². The summed E-state index contributed by atoms with van der Waals surface area (Å²) < 4.78 is 10.1. The third-order valence-electron chi connectivity index (χ3n) is 2.51. The molecule has 0 N–H and O–H groups in total. The molecule has 0 unspecified atom stereocenters. The largest absolute Gasteiger partial charge is 0.462 e. The zero-order valence-electron chi connectivity index (χ0n) is 13.2. The number of hydrogen-bond donors (Lipinski definition) is 0. The Morgan fingerprint density at radius 1 is 1.00 bits per heavy atom. The van der Waals surface area contributed by atoms with Crippen molar-refractivity contribution in [2.24, 2.45) is 5.92 Å². The van der Waals surface area contributed by atoms with Crippen LogP contribution >= 0.6 is 0 Å². The minimum Gasteiger partial charge on any atom is -0.462 e. The van der Waals surface area contributed by atoms with E-state index in [4.69, 9.17) is 9.47 Å². The van der Waals surface area contributed by atoms with Gasteiger partial charge in [0.2, 0.25) is 0 Å². The Labute approximate surface area is 121 Å². The highest BCUT2D eigenvalue weighted by Crippen LogP contribution is 2.04. The molecule has 0 saturated carbocycles. The van der Waals surface area contributed by atoms with E-state index in [2.05, 4.69) is 0 Å². The zero-order valence-corrected chi connectivity index (χ0v) is 13.2. The van der Waals surface area contributed by atoms with Gasteiger partial charge in [-0.2, -0.15) is 0 Å². The summed E-state index contributed by atoms with van der Waals surface area (Å²) in [6.45, 7) is 10.1. The molecule has 0 atom stereocenters. The van der Waals surface area contributed by atoms with Crippen molar-refractivity contribution in [3.63, 3.8) is 0 Å². The first-order valence-electron chi connectivity index (χ1n) is 7.07. The Hall–Kier alpha value is -1.58. The summed E-state index contributed by atoms with van der Waals surface area (Å²) in [4.78, 5) is 23.2. The molecule has 20 heavy (non-hydrogen) atoms. The molecule has 0 aromatic carbocycles. The van der Waals surface area contributed by atoms with Crippen molar-refractivity contribution in [2.45, 2.75) is 47.5 Å². The minimum atomic E-state index is -0.359. The van der Waals surface area contributed by atoms with Crippen LogP contribution < -0.4 is 0 Å². The number of esters is 2. The van der Waals surface area contributed by atoms with E-state index >= 15 is 0 Å². The highest BCUT2D eigenvalue weighted by Gasteiger charge is 2.07. The lowest BCUT2D eigenvalue weighted by Gasteiger charge is -2.06. The normalized spacial score (nSPS) is 12.5. The Morgan fingerprint density at radius 2 is 1.50 bits per heavy atom. The molecule has 4 heteroatoms. The summed E-state index contributed by atoms with van der Waals surface area (Å²) >= 11 is 0. The van der Waals surface area contributed by atoms with E-state index in [1.54, 1.807) is 26.0 Å². The topological polar surface area (TPSA) is 52.6 Å². The van der Waals surface area contributed by atoms with Crippen LogP contribution in [0.4, 0.5) is 0 Å². The summed E-state index contributed by atoms with van der Waals surface area (Å²) in [6.07, 6.45) is 5.01. The summed E-state index contributed by atoms with van der Waals surface area (Å²) in [5, 5.41) is 0. The van der Waals surface area contributed by atoms with Gasteiger partial charge in [-0.05, 0) is 26.2 Å². The van der Waals surface area contributed by atoms with Crippen molar-refractivity contribution >= 4 is 11.9 Å². The molecule has 4 nitrogen and oxygen atoms in total. The second-order valence-corrected chi connectivity index (χ2v) is 5.18. The SMILES string of the molecule is CCCCOC(=O)/C(C)=C/C=C(\C)C(=O)OCC(C)C. The maximum atomic E-state index is 11.6. The number of carbonyl (C=O) groups excluding carboxylic acids is 2. The molecule has 114 valence electrons. The molecule has 0 radical (unpaired) electrons. The van der Waals surface area contributed by atoms with Gasteiger partial charge in [0.15, 0.2) is 0 Å². The molecular formula is C16H26O4. The van der Waals surface area contributed by atoms with E-state index in [-0.39, 0.29) is 11.9 Å². The number of hydrogen-bond acceptors (Lipinski definition) is 4. The minimum absolute atomic E-state index is 0.303. The molecule has 0 amide bonds. The number of carbonyl (C=O) groups is 2. The Kier molecular flexibility index (Phi) is 9.43. The van der Waals surface area contributed by atoms with Gasteiger partial charge in [-0.1, -0.05) is 39.3 Å². The predicted octanol–water partition coefficient (Wildman–Crippen LogP) is 3.42. The highest BCUT2D eigenvalue weighted by molar-refractivity contribution is 5.90. The molecule has 0 aliphatic heterocycles. The molecule has 0 saturated heterocycles. The molecule has 0 aliphatic carbocycles. The molecule has 0 aromatic heterocycles. The zero-order chi connectivity index (χ0) is 15.5. The van der Waals surface area contributed by atoms with Gasteiger partial charge < -0.3 is 9.47 Å². The van der Waals surface area contributed by atoms with E-state index in [9.17, 15) is 9.59 Å². The molecule has 0 aliphatic rings. The van der Waals surface area contributed by atoms with Gasteiger partial charge >= 0.3 is 11.9 Å². The first kappa shape index (κ1) is 18.4. The van der Waals surface area contributed by atoms with E-state index in [1.807, 2.05) is 20.8 Å². The fraction of sp³-hybridized carbons (Fsp3) is 0.625. The molecule has 0 spiro atoms. The van der Waals surface area contributed by atoms with E-state index < -0.39 is 0 Å². The van der Waals surface area contributed by atoms with Crippen molar-refractivity contribution in [1.82, 2.24) is 0 Å². The van der Waals surface area contributed by atoms with Crippen LogP contribution in [0.3, 0.4) is 0 Å². The van der Waals surface area contributed by atoms with Crippen LogP contribution in [0.15, 0.2) is 23.3 Å². The summed E-state index contributed by atoms with van der Waals surface area (Å²) in [6, 6.07) is 0. The fourth-order valence-electron chi connectivity index (χ4n) is 1.17. The second kappa shape index (κ2) is 10.2. The average Bonchev–Trinajstić information content (AvgIpc) is 2.41. The fourth-order valence-corrected chi connectivity index (χ4v) is 1.17. The lowest BCUT2D eigenvalue weighted by atomic mass is 10.2. The Bertz CT molecular complexity index is 378. The average molecular weight is 282 g/mol. The second-order valence-electron chi connectivity index (χ2n) is 5.18. The third-order valence-corrected chi connectivity index (χ3v) is 2.51. The monoisotopic (exact) mass is 282 g/mol. The standard InChI is InChI=1S/C16H26O4/c1-6-7-10-19-15(17)13(4)8-9-14(5)16(18)20-11-12(2)3/h8-9,12H,6-7,10-11H2,1-5H3/b13-8+,14-9+. The number of unbranched alkanes of at least 4 members (excludes halogenated alkanes) is 1. The predicted molar refractivity (Wildman–Crippen MR) is 79.2 cm³/mol. The van der Waals surface area contributed by atoms with Crippen LogP contribution in [-0.4, -0.2) is 25.2 Å². The van der Waals surface area contributed by atoms with Gasteiger partial charge in [0.05, 0.1) is 13.2 Å². The maximum Gasteiger partial charge on any atom is 0.333 e. The van der Waals surface area contributed by atoms with Crippen LogP contribution in [0.25, 0.3) is 0 Å². The van der Waals surface area contributed by atoms with Crippen LogP contribution in [0, 0.1) is 5.92 Å². The third kappa shape index (κ3) is 8.51. The maximum absolute atomic E-state index is 11.6. The van der Waals surface area contributed by atoms with Crippen molar-refractivity contribution in [3.8, 4) is 0 Å². The summed E-state index contributed by atoms with van der Waals surface area (Å²) in [5.41, 5.74) is 0.934. The first-order chi connectivity index (χ1) is 9.38. The smallest absolute Gasteiger partial charge is 0.333 e. The van der Waals surface area contributed by atoms with Crippen molar-refractivity contribution in [1.29, 1.82) is 0 Å². The Morgan fingerprint density at radius 3 is 1.95 bits per heavy atom. The van der Waals surface area contributed by atoms with Gasteiger partial charge in [0.1, 0.15) is 0 Å². The quantitative estimate of drug-likeness (QED) is 0.296. The lowest BCUT2D eigenvalue weighted by molar-refractivity contribution is -0.140. The molecular weight excluding hydrogens is 256 g/mol. The number of rotatable bonds is 8. The van der Waals surface area contributed by atoms with E-state index in [0.717, 1.165) is 12.8 Å². The van der Waals surface area contributed by atoms with Gasteiger partial charge in [-0.15, -0.1) is 0 Å². The van der Waals surface area contributed by atoms with Crippen LogP contribution in [0.1, 0.15) is 47.5 Å². The molecule has 0 rings (SSSR count).